The zero-order valence-electron chi connectivity index (χ0n) is 8.86. The molecule has 4 N–H and O–H groups in total. The van der Waals surface area contributed by atoms with Gasteiger partial charge in [-0.2, -0.15) is 0 Å². The van der Waals surface area contributed by atoms with Crippen molar-refractivity contribution in [1.29, 1.82) is 0 Å². The van der Waals surface area contributed by atoms with Crippen molar-refractivity contribution in [2.75, 3.05) is 6.61 Å². The number of rotatable bonds is 6. The number of carbonyl (C=O) groups is 1. The third kappa shape index (κ3) is 4.39. The van der Waals surface area contributed by atoms with Crippen LogP contribution in [0.15, 0.2) is 12.7 Å². The maximum atomic E-state index is 11.4. The lowest BCUT2D eigenvalue weighted by Crippen LogP contribution is -2.46. The van der Waals surface area contributed by atoms with Crippen LogP contribution in [0, 0.1) is 5.92 Å². The highest BCUT2D eigenvalue weighted by Crippen LogP contribution is 2.01. The normalized spacial score (nSPS) is 16.9. The summed E-state index contributed by atoms with van der Waals surface area (Å²) in [5, 5.41) is 11.6. The van der Waals surface area contributed by atoms with Crippen LogP contribution in [0.5, 0.6) is 0 Å². The first kappa shape index (κ1) is 13.1. The molecule has 0 saturated carbocycles. The van der Waals surface area contributed by atoms with Gasteiger partial charge in [0.1, 0.15) is 0 Å². The molecule has 4 nitrogen and oxygen atoms in total. The van der Waals surface area contributed by atoms with Gasteiger partial charge in [-0.25, -0.2) is 0 Å². The minimum Gasteiger partial charge on any atom is -0.396 e. The highest BCUT2D eigenvalue weighted by molar-refractivity contribution is 5.81. The molecule has 82 valence electrons. The Morgan fingerprint density at radius 2 is 2.21 bits per heavy atom. The van der Waals surface area contributed by atoms with Gasteiger partial charge in [-0.05, 0) is 19.3 Å². The highest BCUT2D eigenvalue weighted by Gasteiger charge is 2.17. The van der Waals surface area contributed by atoms with Gasteiger partial charge >= 0.3 is 0 Å². The number of nitrogens with one attached hydrogen (secondary N) is 1. The minimum absolute atomic E-state index is 0.0369. The smallest absolute Gasteiger partial charge is 0.237 e. The largest absolute Gasteiger partial charge is 0.396 e. The zero-order valence-corrected chi connectivity index (χ0v) is 8.86. The summed E-state index contributed by atoms with van der Waals surface area (Å²) in [5.41, 5.74) is 5.57. The summed E-state index contributed by atoms with van der Waals surface area (Å²) >= 11 is 0. The van der Waals surface area contributed by atoms with E-state index in [0.29, 0.717) is 6.42 Å². The highest BCUT2D eigenvalue weighted by atomic mass is 16.3. The van der Waals surface area contributed by atoms with E-state index in [4.69, 9.17) is 10.8 Å². The lowest BCUT2D eigenvalue weighted by Gasteiger charge is -2.21. The fourth-order valence-electron chi connectivity index (χ4n) is 0.918. The number of hydrogen-bond acceptors (Lipinski definition) is 3. The minimum atomic E-state index is -0.541. The predicted octanol–water partition coefficient (Wildman–Crippen LogP) is 0.0229. The first-order chi connectivity index (χ1) is 6.52. The molecule has 3 unspecified atom stereocenters. The van der Waals surface area contributed by atoms with E-state index in [1.165, 1.54) is 0 Å². The molecule has 0 aliphatic carbocycles. The van der Waals surface area contributed by atoms with Crippen molar-refractivity contribution in [2.24, 2.45) is 11.7 Å². The summed E-state index contributed by atoms with van der Waals surface area (Å²) < 4.78 is 0. The van der Waals surface area contributed by atoms with E-state index in [9.17, 15) is 4.79 Å². The Morgan fingerprint density at radius 3 is 2.64 bits per heavy atom. The Morgan fingerprint density at radius 1 is 1.64 bits per heavy atom. The number of amides is 1. The Bertz CT molecular complexity index is 195. The average molecular weight is 200 g/mol. The van der Waals surface area contributed by atoms with Crippen LogP contribution in [0.1, 0.15) is 20.3 Å². The van der Waals surface area contributed by atoms with Crippen LogP contribution in [-0.4, -0.2) is 29.7 Å². The summed E-state index contributed by atoms with van der Waals surface area (Å²) in [5.74, 6) is -0.160. The number of aliphatic hydroxyl groups excluding tert-OH is 1. The lowest BCUT2D eigenvalue weighted by molar-refractivity contribution is -0.123. The van der Waals surface area contributed by atoms with E-state index < -0.39 is 6.04 Å². The van der Waals surface area contributed by atoms with Crippen molar-refractivity contribution in [3.05, 3.63) is 12.7 Å². The third-order valence-electron chi connectivity index (χ3n) is 2.27. The van der Waals surface area contributed by atoms with Gasteiger partial charge in [0.15, 0.2) is 0 Å². The van der Waals surface area contributed by atoms with E-state index in [1.807, 2.05) is 13.8 Å². The van der Waals surface area contributed by atoms with Crippen molar-refractivity contribution in [2.45, 2.75) is 32.4 Å². The van der Waals surface area contributed by atoms with Crippen LogP contribution in [0.2, 0.25) is 0 Å². The quantitative estimate of drug-likeness (QED) is 0.529. The SMILES string of the molecule is C=CCC(N)C(=O)NC(C)C(C)CO. The van der Waals surface area contributed by atoms with Gasteiger partial charge in [0, 0.05) is 12.6 Å². The summed E-state index contributed by atoms with van der Waals surface area (Å²) in [4.78, 5) is 11.4. The fourth-order valence-corrected chi connectivity index (χ4v) is 0.918. The molecule has 14 heavy (non-hydrogen) atoms. The molecule has 0 aromatic heterocycles. The Kier molecular flexibility index (Phi) is 6.16. The second-order valence-corrected chi connectivity index (χ2v) is 3.59. The van der Waals surface area contributed by atoms with Gasteiger partial charge in [0.2, 0.25) is 5.91 Å². The van der Waals surface area contributed by atoms with E-state index in [-0.39, 0.29) is 24.5 Å². The molecule has 3 atom stereocenters. The van der Waals surface area contributed by atoms with Gasteiger partial charge in [0.25, 0.3) is 0 Å². The molecule has 0 radical (unpaired) electrons. The maximum Gasteiger partial charge on any atom is 0.237 e. The topological polar surface area (TPSA) is 75.4 Å². The fraction of sp³-hybridized carbons (Fsp3) is 0.700. The average Bonchev–Trinajstić information content (AvgIpc) is 2.16. The second-order valence-electron chi connectivity index (χ2n) is 3.59. The Labute approximate surface area is 85.2 Å². The molecular weight excluding hydrogens is 180 g/mol. The summed E-state index contributed by atoms with van der Waals surface area (Å²) in [7, 11) is 0. The third-order valence-corrected chi connectivity index (χ3v) is 2.27. The van der Waals surface area contributed by atoms with Crippen molar-refractivity contribution < 1.29 is 9.90 Å². The first-order valence-corrected chi connectivity index (χ1v) is 4.80. The molecule has 1 amide bonds. The maximum absolute atomic E-state index is 11.4. The van der Waals surface area contributed by atoms with Crippen molar-refractivity contribution in [3.63, 3.8) is 0 Å². The van der Waals surface area contributed by atoms with Crippen molar-refractivity contribution >= 4 is 5.91 Å². The van der Waals surface area contributed by atoms with Gasteiger partial charge < -0.3 is 16.2 Å². The van der Waals surface area contributed by atoms with E-state index in [1.54, 1.807) is 6.08 Å². The first-order valence-electron chi connectivity index (χ1n) is 4.80. The van der Waals surface area contributed by atoms with Gasteiger partial charge in [-0.3, -0.25) is 4.79 Å². The molecule has 0 fully saturated rings. The molecule has 0 aliphatic rings. The van der Waals surface area contributed by atoms with E-state index in [0.717, 1.165) is 0 Å². The molecule has 0 bridgehead atoms. The van der Waals surface area contributed by atoms with Crippen LogP contribution in [0.25, 0.3) is 0 Å². The van der Waals surface area contributed by atoms with Crippen LogP contribution in [0.3, 0.4) is 0 Å². The number of carbonyl (C=O) groups excluding carboxylic acids is 1. The Balaban J connectivity index is 3.98. The Hall–Kier alpha value is -0.870. The van der Waals surface area contributed by atoms with E-state index >= 15 is 0 Å². The van der Waals surface area contributed by atoms with Gasteiger partial charge in [-0.15, -0.1) is 6.58 Å². The van der Waals surface area contributed by atoms with Crippen molar-refractivity contribution in [1.82, 2.24) is 5.32 Å². The lowest BCUT2D eigenvalue weighted by atomic mass is 10.0. The predicted molar refractivity (Wildman–Crippen MR) is 56.6 cm³/mol. The monoisotopic (exact) mass is 200 g/mol. The van der Waals surface area contributed by atoms with Crippen molar-refractivity contribution in [3.8, 4) is 0 Å². The van der Waals surface area contributed by atoms with Crippen LogP contribution in [0.4, 0.5) is 0 Å². The standard InChI is InChI=1S/C10H20N2O2/c1-4-5-9(11)10(14)12-8(3)7(2)6-13/h4,7-9,13H,1,5-6,11H2,2-3H3,(H,12,14). The molecule has 0 spiro atoms. The van der Waals surface area contributed by atoms with Crippen LogP contribution >= 0.6 is 0 Å². The summed E-state index contributed by atoms with van der Waals surface area (Å²) in [6.07, 6.45) is 2.08. The van der Waals surface area contributed by atoms with Crippen LogP contribution in [-0.2, 0) is 4.79 Å². The molecule has 4 heteroatoms. The summed E-state index contributed by atoms with van der Waals surface area (Å²) in [6, 6.07) is -0.607. The summed E-state index contributed by atoms with van der Waals surface area (Å²) in [6.45, 7) is 7.28. The second kappa shape index (κ2) is 6.56. The molecule has 0 aliphatic heterocycles. The number of hydrogen-bond donors (Lipinski definition) is 3. The molecular formula is C10H20N2O2. The van der Waals surface area contributed by atoms with Crippen LogP contribution < -0.4 is 11.1 Å². The number of nitrogens with two attached hydrogens (primary N) is 1. The molecule has 0 saturated heterocycles. The molecule has 0 aromatic carbocycles. The molecule has 0 aromatic rings. The van der Waals surface area contributed by atoms with Gasteiger partial charge in [-0.1, -0.05) is 13.0 Å². The molecule has 0 rings (SSSR count). The van der Waals surface area contributed by atoms with Gasteiger partial charge in [0.05, 0.1) is 6.04 Å². The molecule has 0 heterocycles. The van der Waals surface area contributed by atoms with E-state index in [2.05, 4.69) is 11.9 Å². The zero-order chi connectivity index (χ0) is 11.1. The number of aliphatic hydroxyl groups is 1.